The number of hydrogen-bond donors (Lipinski definition) is 1. The molecule has 1 N–H and O–H groups in total. The molecule has 0 aliphatic heterocycles. The lowest BCUT2D eigenvalue weighted by Gasteiger charge is -2.18. The molecule has 1 aromatic carbocycles. The molecule has 1 atom stereocenters. The van der Waals surface area contributed by atoms with Gasteiger partial charge in [-0.3, -0.25) is 0 Å². The van der Waals surface area contributed by atoms with Crippen molar-refractivity contribution in [1.82, 2.24) is 0 Å². The first-order chi connectivity index (χ1) is 9.56. The third-order valence-electron chi connectivity index (χ3n) is 2.88. The highest BCUT2D eigenvalue weighted by Crippen LogP contribution is 2.38. The summed E-state index contributed by atoms with van der Waals surface area (Å²) >= 11 is 13.4. The van der Waals surface area contributed by atoms with Crippen molar-refractivity contribution in [2.75, 3.05) is 12.4 Å². The molecule has 2 aromatic rings. The van der Waals surface area contributed by atoms with Crippen molar-refractivity contribution in [3.05, 3.63) is 44.1 Å². The van der Waals surface area contributed by atoms with Gasteiger partial charge < -0.3 is 10.1 Å². The maximum absolute atomic E-state index is 9.19. The summed E-state index contributed by atoms with van der Waals surface area (Å²) in [4.78, 5) is 0. The third-order valence-corrected chi connectivity index (χ3v) is 4.40. The summed E-state index contributed by atoms with van der Waals surface area (Å²) < 4.78 is 6.57. The Balaban J connectivity index is 2.35. The fourth-order valence-electron chi connectivity index (χ4n) is 1.89. The van der Waals surface area contributed by atoms with Crippen LogP contribution in [-0.4, -0.2) is 7.11 Å². The zero-order valence-corrected chi connectivity index (χ0v) is 13.2. The van der Waals surface area contributed by atoms with Gasteiger partial charge in [0, 0.05) is 5.56 Å². The fourth-order valence-corrected chi connectivity index (χ4v) is 3.53. The minimum atomic E-state index is -0.0883. The summed E-state index contributed by atoms with van der Waals surface area (Å²) in [5, 5.41) is 12.5. The van der Waals surface area contributed by atoms with E-state index in [1.165, 1.54) is 11.3 Å². The zero-order valence-electron chi connectivity index (χ0n) is 10.9. The number of rotatable bonds is 4. The van der Waals surface area contributed by atoms with Crippen molar-refractivity contribution in [2.45, 2.75) is 13.0 Å². The number of benzene rings is 1. The van der Waals surface area contributed by atoms with Crippen molar-refractivity contribution in [3.63, 3.8) is 0 Å². The molecule has 0 radical (unpaired) electrons. The number of methoxy groups -OCH3 is 1. The van der Waals surface area contributed by atoms with Gasteiger partial charge in [0.2, 0.25) is 0 Å². The van der Waals surface area contributed by atoms with Gasteiger partial charge in [-0.05, 0) is 25.1 Å². The lowest BCUT2D eigenvalue weighted by Crippen LogP contribution is -2.08. The average molecular weight is 327 g/mol. The second-order valence-electron chi connectivity index (χ2n) is 4.14. The molecule has 0 bridgehead atoms. The van der Waals surface area contributed by atoms with E-state index in [2.05, 4.69) is 11.4 Å². The first-order valence-corrected chi connectivity index (χ1v) is 7.42. The number of nitrogens with zero attached hydrogens (tertiary/aromatic N) is 1. The Kier molecular flexibility index (Phi) is 4.77. The summed E-state index contributed by atoms with van der Waals surface area (Å²) in [7, 11) is 1.57. The van der Waals surface area contributed by atoms with Gasteiger partial charge in [-0.2, -0.15) is 5.26 Å². The van der Waals surface area contributed by atoms with E-state index in [0.717, 1.165) is 5.56 Å². The van der Waals surface area contributed by atoms with Crippen molar-refractivity contribution in [2.24, 2.45) is 0 Å². The SMILES string of the molecule is COc1cccc(C#N)c1NC(C)c1cc(Cl)sc1Cl. The number of para-hydroxylation sites is 1. The number of ether oxygens (including phenoxy) is 1. The molecule has 0 aliphatic rings. The monoisotopic (exact) mass is 326 g/mol. The predicted molar refractivity (Wildman–Crippen MR) is 84.1 cm³/mol. The molecule has 20 heavy (non-hydrogen) atoms. The van der Waals surface area contributed by atoms with Gasteiger partial charge >= 0.3 is 0 Å². The Morgan fingerprint density at radius 1 is 1.40 bits per heavy atom. The van der Waals surface area contributed by atoms with Crippen molar-refractivity contribution >= 4 is 40.2 Å². The second kappa shape index (κ2) is 6.36. The Hall–Kier alpha value is -1.41. The Morgan fingerprint density at radius 3 is 2.70 bits per heavy atom. The molecule has 1 heterocycles. The van der Waals surface area contributed by atoms with E-state index in [9.17, 15) is 5.26 Å². The van der Waals surface area contributed by atoms with Crippen LogP contribution in [0, 0.1) is 11.3 Å². The van der Waals surface area contributed by atoms with Crippen LogP contribution in [0.5, 0.6) is 5.75 Å². The number of nitrogens with one attached hydrogen (secondary N) is 1. The van der Waals surface area contributed by atoms with Crippen LogP contribution in [0.4, 0.5) is 5.69 Å². The fraction of sp³-hybridized carbons (Fsp3) is 0.214. The van der Waals surface area contributed by atoms with Gasteiger partial charge in [0.05, 0.1) is 33.1 Å². The van der Waals surface area contributed by atoms with Gasteiger partial charge in [-0.15, -0.1) is 11.3 Å². The predicted octanol–water partition coefficient (Wildman–Crippen LogP) is 5.11. The average Bonchev–Trinajstić information content (AvgIpc) is 2.78. The molecule has 0 aliphatic carbocycles. The van der Waals surface area contributed by atoms with Crippen LogP contribution >= 0.6 is 34.5 Å². The van der Waals surface area contributed by atoms with Gasteiger partial charge in [0.15, 0.2) is 0 Å². The van der Waals surface area contributed by atoms with Crippen LogP contribution in [0.3, 0.4) is 0 Å². The quantitative estimate of drug-likeness (QED) is 0.849. The smallest absolute Gasteiger partial charge is 0.143 e. The molecule has 2 rings (SSSR count). The van der Waals surface area contributed by atoms with E-state index in [4.69, 9.17) is 27.9 Å². The van der Waals surface area contributed by atoms with Crippen LogP contribution in [0.1, 0.15) is 24.1 Å². The highest BCUT2D eigenvalue weighted by atomic mass is 35.5. The first kappa shape index (κ1) is 15.0. The van der Waals surface area contributed by atoms with Crippen LogP contribution in [0.25, 0.3) is 0 Å². The molecule has 0 fully saturated rings. The Labute approximate surface area is 131 Å². The minimum Gasteiger partial charge on any atom is -0.495 e. The number of thiophene rings is 1. The molecule has 1 aromatic heterocycles. The largest absolute Gasteiger partial charge is 0.495 e. The van der Waals surface area contributed by atoms with Gasteiger partial charge in [0.1, 0.15) is 11.8 Å². The van der Waals surface area contributed by atoms with Crippen LogP contribution in [0.2, 0.25) is 8.67 Å². The van der Waals surface area contributed by atoms with Gasteiger partial charge in [-0.25, -0.2) is 0 Å². The van der Waals surface area contributed by atoms with Crippen molar-refractivity contribution < 1.29 is 4.74 Å². The maximum Gasteiger partial charge on any atom is 0.143 e. The van der Waals surface area contributed by atoms with Gasteiger partial charge in [0.25, 0.3) is 0 Å². The summed E-state index contributed by atoms with van der Waals surface area (Å²) in [6.07, 6.45) is 0. The first-order valence-electron chi connectivity index (χ1n) is 5.85. The Morgan fingerprint density at radius 2 is 2.15 bits per heavy atom. The molecule has 0 amide bonds. The van der Waals surface area contributed by atoms with Crippen LogP contribution in [-0.2, 0) is 0 Å². The van der Waals surface area contributed by atoms with E-state index in [1.807, 2.05) is 13.0 Å². The summed E-state index contributed by atoms with van der Waals surface area (Å²) in [5.41, 5.74) is 2.08. The number of anilines is 1. The standard InChI is InChI=1S/C14H12Cl2N2OS/c1-8(10-6-12(15)20-14(10)16)18-13-9(7-17)4-3-5-11(13)19-2/h3-6,8,18H,1-2H3. The maximum atomic E-state index is 9.19. The third kappa shape index (κ3) is 3.01. The Bertz CT molecular complexity index is 664. The molecular formula is C14H12Cl2N2OS. The van der Waals surface area contributed by atoms with Gasteiger partial charge in [-0.1, -0.05) is 29.3 Å². The lowest BCUT2D eigenvalue weighted by atomic mass is 10.1. The van der Waals surface area contributed by atoms with Crippen LogP contribution in [0.15, 0.2) is 24.3 Å². The molecule has 1 unspecified atom stereocenters. The molecular weight excluding hydrogens is 315 g/mol. The number of hydrogen-bond acceptors (Lipinski definition) is 4. The highest BCUT2D eigenvalue weighted by molar-refractivity contribution is 7.20. The summed E-state index contributed by atoms with van der Waals surface area (Å²) in [5.74, 6) is 0.619. The minimum absolute atomic E-state index is 0.0883. The summed E-state index contributed by atoms with van der Waals surface area (Å²) in [6.45, 7) is 1.96. The van der Waals surface area contributed by atoms with Crippen molar-refractivity contribution in [3.8, 4) is 11.8 Å². The molecule has 0 saturated carbocycles. The van der Waals surface area contributed by atoms with E-state index < -0.39 is 0 Å². The van der Waals surface area contributed by atoms with Crippen molar-refractivity contribution in [1.29, 1.82) is 5.26 Å². The molecule has 0 saturated heterocycles. The molecule has 104 valence electrons. The lowest BCUT2D eigenvalue weighted by molar-refractivity contribution is 0.416. The normalized spacial score (nSPS) is 11.8. The van der Waals surface area contributed by atoms with E-state index in [0.29, 0.717) is 25.7 Å². The zero-order chi connectivity index (χ0) is 14.7. The van der Waals surface area contributed by atoms with E-state index >= 15 is 0 Å². The molecule has 3 nitrogen and oxygen atoms in total. The van der Waals surface area contributed by atoms with E-state index in [-0.39, 0.29) is 6.04 Å². The topological polar surface area (TPSA) is 45.0 Å². The summed E-state index contributed by atoms with van der Waals surface area (Å²) in [6, 6.07) is 9.21. The molecule has 0 spiro atoms. The second-order valence-corrected chi connectivity index (χ2v) is 6.43. The van der Waals surface area contributed by atoms with Crippen LogP contribution < -0.4 is 10.1 Å². The number of halogens is 2. The highest BCUT2D eigenvalue weighted by Gasteiger charge is 2.17. The van der Waals surface area contributed by atoms with E-state index in [1.54, 1.807) is 25.3 Å². The molecule has 6 heteroatoms. The number of nitriles is 1.